The Bertz CT molecular complexity index is 1150. The number of hydrogen-bond acceptors (Lipinski definition) is 4. The first-order valence-electron chi connectivity index (χ1n) is 12.5. The molecule has 0 radical (unpaired) electrons. The first-order valence-corrected chi connectivity index (χ1v) is 14.3. The third kappa shape index (κ3) is 7.29. The Balaban J connectivity index is 1.89. The van der Waals surface area contributed by atoms with Crippen molar-refractivity contribution in [3.05, 3.63) is 65.5 Å². The largest absolute Gasteiger partial charge is 0.352 e. The van der Waals surface area contributed by atoms with Crippen molar-refractivity contribution in [3.63, 3.8) is 0 Å². The molecule has 0 aromatic heterocycles. The predicted octanol–water partition coefficient (Wildman–Crippen LogP) is 4.02. The van der Waals surface area contributed by atoms with Crippen LogP contribution in [0.1, 0.15) is 57.1 Å². The number of hydrogen-bond donors (Lipinski definition) is 1. The van der Waals surface area contributed by atoms with Crippen LogP contribution in [0.2, 0.25) is 0 Å². The minimum absolute atomic E-state index is 0.0470. The van der Waals surface area contributed by atoms with Crippen molar-refractivity contribution in [1.82, 2.24) is 10.2 Å². The molecule has 1 fully saturated rings. The first kappa shape index (κ1) is 27.6. The van der Waals surface area contributed by atoms with E-state index in [0.717, 1.165) is 48.2 Å². The van der Waals surface area contributed by atoms with Crippen LogP contribution in [0.3, 0.4) is 0 Å². The molecule has 1 aliphatic rings. The van der Waals surface area contributed by atoms with E-state index in [1.54, 1.807) is 31.2 Å². The smallest absolute Gasteiger partial charge is 0.244 e. The van der Waals surface area contributed by atoms with Gasteiger partial charge >= 0.3 is 0 Å². The zero-order valence-electron chi connectivity index (χ0n) is 21.2. The van der Waals surface area contributed by atoms with Gasteiger partial charge in [0, 0.05) is 12.6 Å². The van der Waals surface area contributed by atoms with Gasteiger partial charge in [-0.15, -0.1) is 0 Å². The zero-order valence-corrected chi connectivity index (χ0v) is 22.1. The highest BCUT2D eigenvalue weighted by Crippen LogP contribution is 2.24. The highest BCUT2D eigenvalue weighted by atomic mass is 32.2. The second-order valence-corrected chi connectivity index (χ2v) is 11.3. The highest BCUT2D eigenvalue weighted by molar-refractivity contribution is 7.92. The Hall–Kier alpha value is -2.94. The number of halogens is 1. The molecular weight excluding hydrogens is 481 g/mol. The number of para-hydroxylation sites is 1. The maximum absolute atomic E-state index is 13.6. The summed E-state index contributed by atoms with van der Waals surface area (Å²) in [6.07, 6.45) is 6.72. The number of aryl methyl sites for hydroxylation is 1. The molecule has 0 bridgehead atoms. The lowest BCUT2D eigenvalue weighted by Gasteiger charge is -2.33. The molecule has 196 valence electrons. The Morgan fingerprint density at radius 1 is 1.06 bits per heavy atom. The third-order valence-corrected chi connectivity index (χ3v) is 7.83. The van der Waals surface area contributed by atoms with E-state index in [2.05, 4.69) is 5.32 Å². The summed E-state index contributed by atoms with van der Waals surface area (Å²) in [5.74, 6) is -1.20. The van der Waals surface area contributed by atoms with Gasteiger partial charge in [-0.2, -0.15) is 0 Å². The summed E-state index contributed by atoms with van der Waals surface area (Å²) >= 11 is 0. The van der Waals surface area contributed by atoms with Crippen molar-refractivity contribution >= 4 is 27.5 Å². The van der Waals surface area contributed by atoms with Gasteiger partial charge in [0.1, 0.15) is 18.4 Å². The molecule has 0 aliphatic heterocycles. The molecule has 9 heteroatoms. The molecule has 0 saturated heterocycles. The molecule has 1 N–H and O–H groups in total. The molecule has 1 aliphatic carbocycles. The van der Waals surface area contributed by atoms with Gasteiger partial charge in [0.15, 0.2) is 0 Å². The predicted molar refractivity (Wildman–Crippen MR) is 139 cm³/mol. The number of rotatable bonds is 10. The van der Waals surface area contributed by atoms with Crippen LogP contribution in [0.15, 0.2) is 48.5 Å². The average molecular weight is 518 g/mol. The van der Waals surface area contributed by atoms with Crippen LogP contribution < -0.4 is 9.62 Å². The number of sulfonamides is 1. The zero-order chi connectivity index (χ0) is 26.3. The van der Waals surface area contributed by atoms with Crippen LogP contribution in [0, 0.1) is 5.82 Å². The van der Waals surface area contributed by atoms with Crippen molar-refractivity contribution < 1.29 is 22.4 Å². The van der Waals surface area contributed by atoms with Gasteiger partial charge < -0.3 is 10.2 Å². The van der Waals surface area contributed by atoms with E-state index in [0.29, 0.717) is 17.7 Å². The second kappa shape index (κ2) is 12.3. The Morgan fingerprint density at radius 2 is 1.69 bits per heavy atom. The quantitative estimate of drug-likeness (QED) is 0.516. The molecule has 0 spiro atoms. The van der Waals surface area contributed by atoms with Crippen molar-refractivity contribution in [2.75, 3.05) is 17.1 Å². The van der Waals surface area contributed by atoms with Crippen molar-refractivity contribution in [2.24, 2.45) is 0 Å². The fourth-order valence-corrected chi connectivity index (χ4v) is 5.47. The van der Waals surface area contributed by atoms with Crippen LogP contribution >= 0.6 is 0 Å². The summed E-state index contributed by atoms with van der Waals surface area (Å²) in [6.45, 7) is 3.16. The number of nitrogens with zero attached hydrogens (tertiary/aromatic N) is 2. The Kier molecular flexibility index (Phi) is 9.48. The molecule has 3 rings (SSSR count). The number of nitrogens with one attached hydrogen (secondary N) is 1. The number of carbonyl (C=O) groups is 2. The van der Waals surface area contributed by atoms with Gasteiger partial charge in [-0.1, -0.05) is 56.5 Å². The summed E-state index contributed by atoms with van der Waals surface area (Å²) in [7, 11) is -3.79. The van der Waals surface area contributed by atoms with Crippen LogP contribution in [0.25, 0.3) is 0 Å². The normalized spacial score (nSPS) is 15.2. The van der Waals surface area contributed by atoms with Crippen molar-refractivity contribution in [3.8, 4) is 0 Å². The van der Waals surface area contributed by atoms with Crippen LogP contribution in [-0.2, 0) is 32.6 Å². The highest BCUT2D eigenvalue weighted by Gasteiger charge is 2.31. The molecule has 36 heavy (non-hydrogen) atoms. The molecule has 0 unspecified atom stereocenters. The lowest BCUT2D eigenvalue weighted by molar-refractivity contribution is -0.139. The monoisotopic (exact) mass is 517 g/mol. The minimum Gasteiger partial charge on any atom is -0.352 e. The average Bonchev–Trinajstić information content (AvgIpc) is 2.86. The van der Waals surface area contributed by atoms with E-state index in [1.165, 1.54) is 17.0 Å². The topological polar surface area (TPSA) is 86.8 Å². The van der Waals surface area contributed by atoms with Crippen LogP contribution in [0.5, 0.6) is 0 Å². The van der Waals surface area contributed by atoms with E-state index >= 15 is 0 Å². The second-order valence-electron chi connectivity index (χ2n) is 9.42. The maximum atomic E-state index is 13.6. The van der Waals surface area contributed by atoms with Crippen molar-refractivity contribution in [1.29, 1.82) is 0 Å². The Morgan fingerprint density at radius 3 is 2.31 bits per heavy atom. The minimum atomic E-state index is -3.79. The third-order valence-electron chi connectivity index (χ3n) is 6.71. The van der Waals surface area contributed by atoms with Gasteiger partial charge in [-0.05, 0) is 55.5 Å². The number of benzene rings is 2. The first-order chi connectivity index (χ1) is 17.1. The number of amides is 2. The van der Waals surface area contributed by atoms with Crippen LogP contribution in [-0.4, -0.2) is 50.0 Å². The van der Waals surface area contributed by atoms with E-state index in [1.807, 2.05) is 19.1 Å². The van der Waals surface area contributed by atoms with E-state index < -0.39 is 34.3 Å². The number of anilines is 1. The number of carbonyl (C=O) groups excluding carboxylic acids is 2. The fraction of sp³-hybridized carbons (Fsp3) is 0.481. The van der Waals surface area contributed by atoms with E-state index in [4.69, 9.17) is 0 Å². The van der Waals surface area contributed by atoms with Crippen molar-refractivity contribution in [2.45, 2.75) is 71.0 Å². The summed E-state index contributed by atoms with van der Waals surface area (Å²) < 4.78 is 40.1. The lowest BCUT2D eigenvalue weighted by atomic mass is 9.95. The van der Waals surface area contributed by atoms with Gasteiger partial charge in [0.05, 0.1) is 11.9 Å². The molecule has 7 nitrogen and oxygen atoms in total. The summed E-state index contributed by atoms with van der Waals surface area (Å²) in [5.41, 5.74) is 1.88. The van der Waals surface area contributed by atoms with Gasteiger partial charge in [-0.25, -0.2) is 12.8 Å². The summed E-state index contributed by atoms with van der Waals surface area (Å²) in [4.78, 5) is 28.2. The molecule has 0 heterocycles. The Labute approximate surface area is 213 Å². The van der Waals surface area contributed by atoms with Gasteiger partial charge in [0.25, 0.3) is 0 Å². The standard InChI is InChI=1S/C27H36FN3O4S/c1-4-22-10-8-9-13-25(22)31(36(3,34)35)19-26(32)30(18-21-14-16-23(28)17-15-21)20(2)27(33)29-24-11-6-5-7-12-24/h8-10,13-17,20,24H,4-7,11-12,18-19H2,1-3H3,(H,29,33)/t20-/m0/s1. The molecular formula is C27H36FN3O4S. The fourth-order valence-electron chi connectivity index (χ4n) is 4.59. The summed E-state index contributed by atoms with van der Waals surface area (Å²) in [6, 6.07) is 12.0. The van der Waals surface area contributed by atoms with Gasteiger partial charge in [0.2, 0.25) is 21.8 Å². The van der Waals surface area contributed by atoms with E-state index in [9.17, 15) is 22.4 Å². The molecule has 2 amide bonds. The molecule has 1 atom stereocenters. The lowest BCUT2D eigenvalue weighted by Crippen LogP contribution is -2.53. The maximum Gasteiger partial charge on any atom is 0.244 e. The van der Waals surface area contributed by atoms with Gasteiger partial charge in [-0.3, -0.25) is 13.9 Å². The van der Waals surface area contributed by atoms with E-state index in [-0.39, 0.29) is 18.5 Å². The molecule has 2 aromatic rings. The molecule has 1 saturated carbocycles. The SMILES string of the molecule is CCc1ccccc1N(CC(=O)N(Cc1ccc(F)cc1)[C@@H](C)C(=O)NC1CCCCC1)S(C)(=O)=O. The van der Waals surface area contributed by atoms with Crippen LogP contribution in [0.4, 0.5) is 10.1 Å². The summed E-state index contributed by atoms with van der Waals surface area (Å²) in [5, 5.41) is 3.06. The molecule has 2 aromatic carbocycles.